The lowest BCUT2D eigenvalue weighted by Gasteiger charge is -2.10. The lowest BCUT2D eigenvalue weighted by molar-refractivity contribution is 0.586. The molecule has 4 rings (SSSR count). The molecule has 6 nitrogen and oxygen atoms in total. The molecular formula is C23H21ClF2N6S. The van der Waals surface area contributed by atoms with Crippen LogP contribution >= 0.6 is 23.8 Å². The SMILES string of the molecule is Cc1nn(Cc2ccc(F)cc2)c(C)c1NC(=S)Nc1nn(Cc2ccccc2F)cc1Cl. The van der Waals surface area contributed by atoms with Crippen molar-refractivity contribution in [3.8, 4) is 0 Å². The van der Waals surface area contributed by atoms with Gasteiger partial charge in [-0.3, -0.25) is 9.36 Å². The average Bonchev–Trinajstić information content (AvgIpc) is 3.24. The highest BCUT2D eigenvalue weighted by Crippen LogP contribution is 2.23. The molecule has 0 aliphatic heterocycles. The molecule has 4 aromatic rings. The first-order valence-electron chi connectivity index (χ1n) is 10.1. The summed E-state index contributed by atoms with van der Waals surface area (Å²) in [6.45, 7) is 4.53. The van der Waals surface area contributed by atoms with Crippen molar-refractivity contribution in [2.75, 3.05) is 10.6 Å². The number of hydrogen-bond donors (Lipinski definition) is 2. The second-order valence-electron chi connectivity index (χ2n) is 7.52. The topological polar surface area (TPSA) is 59.7 Å². The van der Waals surface area contributed by atoms with Gasteiger partial charge in [0.25, 0.3) is 0 Å². The van der Waals surface area contributed by atoms with Crippen LogP contribution in [0.2, 0.25) is 5.02 Å². The molecule has 0 unspecified atom stereocenters. The van der Waals surface area contributed by atoms with Crippen LogP contribution < -0.4 is 10.6 Å². The predicted molar refractivity (Wildman–Crippen MR) is 130 cm³/mol. The van der Waals surface area contributed by atoms with Crippen molar-refractivity contribution in [1.82, 2.24) is 19.6 Å². The first kappa shape index (κ1) is 22.9. The molecule has 0 amide bonds. The zero-order valence-corrected chi connectivity index (χ0v) is 19.5. The Morgan fingerprint density at radius 3 is 2.45 bits per heavy atom. The normalized spacial score (nSPS) is 10.9. The molecule has 33 heavy (non-hydrogen) atoms. The molecule has 0 spiro atoms. The Balaban J connectivity index is 1.44. The maximum absolute atomic E-state index is 13.9. The number of halogens is 3. The second kappa shape index (κ2) is 9.68. The van der Waals surface area contributed by atoms with Gasteiger partial charge in [-0.2, -0.15) is 10.2 Å². The monoisotopic (exact) mass is 486 g/mol. The number of aromatic nitrogens is 4. The van der Waals surface area contributed by atoms with E-state index in [0.717, 1.165) is 22.6 Å². The van der Waals surface area contributed by atoms with Gasteiger partial charge in [0.2, 0.25) is 0 Å². The standard InChI is InChI=1S/C23H21ClF2N6S/c1-14-21(15(2)32(29-14)11-16-7-9-18(25)10-8-16)27-23(33)28-22-19(24)13-31(30-22)12-17-5-3-4-6-20(17)26/h3-10,13H,11-12H2,1-2H3,(H2,27,28,30,33). The Labute approximate surface area is 200 Å². The van der Waals surface area contributed by atoms with Crippen LogP contribution in [0.15, 0.2) is 54.7 Å². The van der Waals surface area contributed by atoms with Gasteiger partial charge in [-0.1, -0.05) is 41.9 Å². The fourth-order valence-electron chi connectivity index (χ4n) is 3.41. The molecule has 0 fully saturated rings. The van der Waals surface area contributed by atoms with E-state index in [1.165, 1.54) is 18.2 Å². The zero-order valence-electron chi connectivity index (χ0n) is 17.9. The van der Waals surface area contributed by atoms with Gasteiger partial charge in [-0.15, -0.1) is 0 Å². The highest BCUT2D eigenvalue weighted by Gasteiger charge is 2.15. The minimum Gasteiger partial charge on any atom is -0.329 e. The second-order valence-corrected chi connectivity index (χ2v) is 8.34. The molecule has 2 aromatic carbocycles. The first-order valence-corrected chi connectivity index (χ1v) is 10.9. The molecule has 0 atom stereocenters. The molecule has 0 saturated carbocycles. The van der Waals surface area contributed by atoms with Gasteiger partial charge < -0.3 is 10.6 Å². The molecule has 0 bridgehead atoms. The first-order chi connectivity index (χ1) is 15.8. The summed E-state index contributed by atoms with van der Waals surface area (Å²) in [6.07, 6.45) is 1.61. The Kier molecular flexibility index (Phi) is 6.71. The maximum Gasteiger partial charge on any atom is 0.176 e. The number of aryl methyl sites for hydroxylation is 1. The number of thiocarbonyl (C=S) groups is 1. The average molecular weight is 487 g/mol. The van der Waals surface area contributed by atoms with E-state index in [9.17, 15) is 8.78 Å². The van der Waals surface area contributed by atoms with Crippen molar-refractivity contribution in [3.63, 3.8) is 0 Å². The number of benzene rings is 2. The number of nitrogens with one attached hydrogen (secondary N) is 2. The lowest BCUT2D eigenvalue weighted by Crippen LogP contribution is -2.20. The molecule has 2 heterocycles. The predicted octanol–water partition coefficient (Wildman–Crippen LogP) is 5.53. The van der Waals surface area contributed by atoms with E-state index in [1.54, 1.807) is 41.2 Å². The molecule has 0 aliphatic rings. The van der Waals surface area contributed by atoms with Gasteiger partial charge in [0, 0.05) is 11.8 Å². The highest BCUT2D eigenvalue weighted by atomic mass is 35.5. The van der Waals surface area contributed by atoms with E-state index in [-0.39, 0.29) is 18.2 Å². The third-order valence-corrected chi connectivity index (χ3v) is 5.59. The third-order valence-electron chi connectivity index (χ3n) is 5.10. The molecule has 2 N–H and O–H groups in total. The highest BCUT2D eigenvalue weighted by molar-refractivity contribution is 7.80. The van der Waals surface area contributed by atoms with Crippen molar-refractivity contribution < 1.29 is 8.78 Å². The number of nitrogens with zero attached hydrogens (tertiary/aromatic N) is 4. The van der Waals surface area contributed by atoms with Crippen LogP contribution in [0.4, 0.5) is 20.3 Å². The Bertz CT molecular complexity index is 1300. The Morgan fingerprint density at radius 1 is 1.00 bits per heavy atom. The summed E-state index contributed by atoms with van der Waals surface area (Å²) < 4.78 is 30.5. The van der Waals surface area contributed by atoms with Gasteiger partial charge in [-0.25, -0.2) is 8.78 Å². The minimum absolute atomic E-state index is 0.239. The van der Waals surface area contributed by atoms with E-state index >= 15 is 0 Å². The minimum atomic E-state index is -0.306. The van der Waals surface area contributed by atoms with Crippen molar-refractivity contribution in [2.45, 2.75) is 26.9 Å². The molecule has 0 aliphatic carbocycles. The van der Waals surface area contributed by atoms with E-state index in [1.807, 2.05) is 18.5 Å². The summed E-state index contributed by atoms with van der Waals surface area (Å²) in [7, 11) is 0. The van der Waals surface area contributed by atoms with E-state index in [2.05, 4.69) is 20.8 Å². The summed E-state index contributed by atoms with van der Waals surface area (Å²) in [5.41, 5.74) is 3.83. The molecule has 170 valence electrons. The van der Waals surface area contributed by atoms with Gasteiger partial charge >= 0.3 is 0 Å². The Morgan fingerprint density at radius 2 is 1.73 bits per heavy atom. The van der Waals surface area contributed by atoms with Crippen LogP contribution in [-0.4, -0.2) is 24.7 Å². The van der Waals surface area contributed by atoms with Crippen LogP contribution in [0.3, 0.4) is 0 Å². The van der Waals surface area contributed by atoms with Gasteiger partial charge in [0.05, 0.1) is 30.2 Å². The number of hydrogen-bond acceptors (Lipinski definition) is 3. The fourth-order valence-corrected chi connectivity index (χ4v) is 3.81. The van der Waals surface area contributed by atoms with E-state index < -0.39 is 0 Å². The summed E-state index contributed by atoms with van der Waals surface area (Å²) in [6, 6.07) is 12.8. The number of anilines is 2. The number of rotatable bonds is 6. The Hall–Kier alpha value is -3.30. The molecule has 2 aromatic heterocycles. The van der Waals surface area contributed by atoms with Crippen LogP contribution in [0.25, 0.3) is 0 Å². The van der Waals surface area contributed by atoms with E-state index in [0.29, 0.717) is 28.1 Å². The quantitative estimate of drug-likeness (QED) is 0.351. The third kappa shape index (κ3) is 5.37. The van der Waals surface area contributed by atoms with Crippen molar-refractivity contribution >= 4 is 40.4 Å². The van der Waals surface area contributed by atoms with Crippen LogP contribution in [0, 0.1) is 25.5 Å². The summed E-state index contributed by atoms with van der Waals surface area (Å²) in [5.74, 6) is -0.222. The zero-order chi connectivity index (χ0) is 23.5. The summed E-state index contributed by atoms with van der Waals surface area (Å²) >= 11 is 11.7. The van der Waals surface area contributed by atoms with Crippen molar-refractivity contribution in [1.29, 1.82) is 0 Å². The molecule has 0 saturated heterocycles. The molecular weight excluding hydrogens is 466 g/mol. The van der Waals surface area contributed by atoms with Crippen LogP contribution in [0.1, 0.15) is 22.5 Å². The van der Waals surface area contributed by atoms with Crippen molar-refractivity contribution in [2.24, 2.45) is 0 Å². The fraction of sp³-hybridized carbons (Fsp3) is 0.174. The van der Waals surface area contributed by atoms with Gasteiger partial charge in [0.15, 0.2) is 10.9 Å². The van der Waals surface area contributed by atoms with Crippen LogP contribution in [0.5, 0.6) is 0 Å². The van der Waals surface area contributed by atoms with Crippen molar-refractivity contribution in [3.05, 3.63) is 93.9 Å². The molecule has 0 radical (unpaired) electrons. The molecule has 10 heteroatoms. The van der Waals surface area contributed by atoms with Crippen LogP contribution in [-0.2, 0) is 13.1 Å². The smallest absolute Gasteiger partial charge is 0.176 e. The van der Waals surface area contributed by atoms with Gasteiger partial charge in [-0.05, 0) is 49.8 Å². The van der Waals surface area contributed by atoms with Gasteiger partial charge in [0.1, 0.15) is 16.7 Å². The summed E-state index contributed by atoms with van der Waals surface area (Å²) in [4.78, 5) is 0. The largest absolute Gasteiger partial charge is 0.329 e. The van der Waals surface area contributed by atoms with E-state index in [4.69, 9.17) is 23.8 Å². The summed E-state index contributed by atoms with van der Waals surface area (Å²) in [5, 5.41) is 15.7. The maximum atomic E-state index is 13.9. The lowest BCUT2D eigenvalue weighted by atomic mass is 10.2.